The summed E-state index contributed by atoms with van der Waals surface area (Å²) in [6.45, 7) is 3.93. The molecule has 0 aliphatic heterocycles. The van der Waals surface area contributed by atoms with Crippen molar-refractivity contribution in [3.05, 3.63) is 60.2 Å². The van der Waals surface area contributed by atoms with Crippen LogP contribution in [-0.4, -0.2) is 35.2 Å². The summed E-state index contributed by atoms with van der Waals surface area (Å²) in [5.41, 5.74) is 1.75. The minimum absolute atomic E-state index is 0.0366. The normalized spacial score (nSPS) is 12.6. The van der Waals surface area contributed by atoms with Crippen molar-refractivity contribution in [3.8, 4) is 16.3 Å². The number of nitrogens with one attached hydrogen (secondary N) is 2. The van der Waals surface area contributed by atoms with E-state index in [1.165, 1.54) is 11.3 Å². The number of anilines is 1. The molecule has 0 aliphatic carbocycles. The highest BCUT2D eigenvalue weighted by Gasteiger charge is 2.27. The van der Waals surface area contributed by atoms with Gasteiger partial charge in [-0.05, 0) is 23.6 Å². The van der Waals surface area contributed by atoms with E-state index < -0.39 is 6.04 Å². The molecule has 0 saturated heterocycles. The Morgan fingerprint density at radius 2 is 1.87 bits per heavy atom. The molecule has 3 rings (SSSR count). The Bertz CT molecular complexity index is 1020. The maximum absolute atomic E-state index is 12.9. The van der Waals surface area contributed by atoms with Crippen LogP contribution in [0.1, 0.15) is 25.8 Å². The molecule has 2 aromatic carbocycles. The van der Waals surface area contributed by atoms with Crippen molar-refractivity contribution in [2.24, 2.45) is 5.92 Å². The molecule has 2 unspecified atom stereocenters. The third-order valence-corrected chi connectivity index (χ3v) is 5.88. The number of benzene rings is 2. The summed E-state index contributed by atoms with van der Waals surface area (Å²) in [5.74, 6) is 0.187. The molecule has 7 nitrogen and oxygen atoms in total. The molecule has 2 N–H and O–H groups in total. The van der Waals surface area contributed by atoms with Gasteiger partial charge in [-0.2, -0.15) is 0 Å². The Balaban J connectivity index is 1.68. The first-order valence-corrected chi connectivity index (χ1v) is 10.9. The first-order valence-electron chi connectivity index (χ1n) is 10.1. The highest BCUT2D eigenvalue weighted by atomic mass is 32.1. The zero-order valence-corrected chi connectivity index (χ0v) is 18.6. The zero-order valence-electron chi connectivity index (χ0n) is 17.8. The van der Waals surface area contributed by atoms with Gasteiger partial charge in [0.25, 0.3) is 0 Å². The second kappa shape index (κ2) is 10.7. The SMILES string of the molecule is CCC(C)C(NC(=O)Cc1ccccc1)C(=O)Nc1nnc(-c2cccc(OC)c2)s1. The van der Waals surface area contributed by atoms with Gasteiger partial charge in [0.05, 0.1) is 13.5 Å². The summed E-state index contributed by atoms with van der Waals surface area (Å²) in [7, 11) is 1.60. The van der Waals surface area contributed by atoms with Gasteiger partial charge in [0.2, 0.25) is 16.9 Å². The molecule has 0 aliphatic rings. The number of hydrogen-bond acceptors (Lipinski definition) is 6. The molecule has 1 aromatic heterocycles. The Morgan fingerprint density at radius 1 is 1.10 bits per heavy atom. The standard InChI is InChI=1S/C23H26N4O3S/c1-4-15(2)20(24-19(28)13-16-9-6-5-7-10-16)21(29)25-23-27-26-22(31-23)17-11-8-12-18(14-17)30-3/h5-12,14-15,20H,4,13H2,1-3H3,(H,24,28)(H,25,27,29). The smallest absolute Gasteiger partial charge is 0.249 e. The van der Waals surface area contributed by atoms with Crippen LogP contribution in [0.25, 0.3) is 10.6 Å². The van der Waals surface area contributed by atoms with Crippen LogP contribution in [0.3, 0.4) is 0 Å². The van der Waals surface area contributed by atoms with Crippen molar-refractivity contribution in [1.82, 2.24) is 15.5 Å². The van der Waals surface area contributed by atoms with Crippen LogP contribution < -0.4 is 15.4 Å². The Kier molecular flexibility index (Phi) is 7.72. The van der Waals surface area contributed by atoms with Gasteiger partial charge in [-0.1, -0.05) is 74.1 Å². The second-order valence-corrected chi connectivity index (χ2v) is 8.20. The zero-order chi connectivity index (χ0) is 22.2. The van der Waals surface area contributed by atoms with Gasteiger partial charge in [-0.25, -0.2) is 0 Å². The van der Waals surface area contributed by atoms with E-state index in [4.69, 9.17) is 4.74 Å². The fourth-order valence-electron chi connectivity index (χ4n) is 3.04. The maximum Gasteiger partial charge on any atom is 0.249 e. The number of rotatable bonds is 9. The molecule has 8 heteroatoms. The summed E-state index contributed by atoms with van der Waals surface area (Å²) >= 11 is 1.27. The van der Waals surface area contributed by atoms with Crippen LogP contribution in [0.2, 0.25) is 0 Å². The second-order valence-electron chi connectivity index (χ2n) is 7.23. The lowest BCUT2D eigenvalue weighted by Gasteiger charge is -2.23. The highest BCUT2D eigenvalue weighted by molar-refractivity contribution is 7.18. The summed E-state index contributed by atoms with van der Waals surface area (Å²) in [5, 5.41) is 15.0. The van der Waals surface area contributed by atoms with Gasteiger partial charge in [0.1, 0.15) is 16.8 Å². The lowest BCUT2D eigenvalue weighted by Crippen LogP contribution is -2.48. The van der Waals surface area contributed by atoms with Crippen LogP contribution in [0.4, 0.5) is 5.13 Å². The molecular weight excluding hydrogens is 412 g/mol. The minimum Gasteiger partial charge on any atom is -0.497 e. The first kappa shape index (κ1) is 22.4. The van der Waals surface area contributed by atoms with E-state index in [2.05, 4.69) is 20.8 Å². The van der Waals surface area contributed by atoms with Crippen molar-refractivity contribution >= 4 is 28.3 Å². The van der Waals surface area contributed by atoms with Gasteiger partial charge in [-0.3, -0.25) is 14.9 Å². The maximum atomic E-state index is 12.9. The molecule has 3 aromatic rings. The largest absolute Gasteiger partial charge is 0.497 e. The number of hydrogen-bond donors (Lipinski definition) is 2. The van der Waals surface area contributed by atoms with Crippen LogP contribution in [-0.2, 0) is 16.0 Å². The van der Waals surface area contributed by atoms with Crippen LogP contribution in [0, 0.1) is 5.92 Å². The van der Waals surface area contributed by atoms with Gasteiger partial charge >= 0.3 is 0 Å². The minimum atomic E-state index is -0.662. The molecular formula is C23H26N4O3S. The van der Waals surface area contributed by atoms with Crippen molar-refractivity contribution in [2.75, 3.05) is 12.4 Å². The van der Waals surface area contributed by atoms with E-state index in [-0.39, 0.29) is 24.2 Å². The molecule has 1 heterocycles. The summed E-state index contributed by atoms with van der Waals surface area (Å²) in [6.07, 6.45) is 0.967. The first-order chi connectivity index (χ1) is 15.0. The fourth-order valence-corrected chi connectivity index (χ4v) is 3.78. The Morgan fingerprint density at radius 3 is 2.58 bits per heavy atom. The van der Waals surface area contributed by atoms with Crippen molar-refractivity contribution < 1.29 is 14.3 Å². The lowest BCUT2D eigenvalue weighted by atomic mass is 9.98. The number of carbonyl (C=O) groups excluding carboxylic acids is 2. The van der Waals surface area contributed by atoms with Crippen molar-refractivity contribution in [1.29, 1.82) is 0 Å². The van der Waals surface area contributed by atoms with Gasteiger partial charge in [-0.15, -0.1) is 10.2 Å². The van der Waals surface area contributed by atoms with E-state index in [1.807, 2.05) is 68.4 Å². The number of nitrogens with zero attached hydrogens (tertiary/aromatic N) is 2. The van der Waals surface area contributed by atoms with E-state index in [1.54, 1.807) is 7.11 Å². The topological polar surface area (TPSA) is 93.2 Å². The molecule has 0 bridgehead atoms. The quantitative estimate of drug-likeness (QED) is 0.528. The predicted octanol–water partition coefficient (Wildman–Crippen LogP) is 3.93. The van der Waals surface area contributed by atoms with Crippen LogP contribution in [0.5, 0.6) is 5.75 Å². The lowest BCUT2D eigenvalue weighted by molar-refractivity contribution is -0.127. The third-order valence-electron chi connectivity index (χ3n) is 4.99. The third kappa shape index (κ3) is 6.11. The summed E-state index contributed by atoms with van der Waals surface area (Å²) in [4.78, 5) is 25.5. The average molecular weight is 439 g/mol. The molecule has 0 spiro atoms. The van der Waals surface area contributed by atoms with Crippen LogP contribution in [0.15, 0.2) is 54.6 Å². The molecule has 31 heavy (non-hydrogen) atoms. The predicted molar refractivity (Wildman–Crippen MR) is 122 cm³/mol. The van der Waals surface area contributed by atoms with Gasteiger partial charge in [0.15, 0.2) is 0 Å². The number of amides is 2. The van der Waals surface area contributed by atoms with E-state index >= 15 is 0 Å². The molecule has 0 radical (unpaired) electrons. The van der Waals surface area contributed by atoms with Crippen LogP contribution >= 0.6 is 11.3 Å². The molecule has 162 valence electrons. The summed E-state index contributed by atoms with van der Waals surface area (Å²) < 4.78 is 5.24. The van der Waals surface area contributed by atoms with E-state index in [0.717, 1.165) is 23.3 Å². The monoisotopic (exact) mass is 438 g/mol. The fraction of sp³-hybridized carbons (Fsp3) is 0.304. The molecule has 2 amide bonds. The average Bonchev–Trinajstić information content (AvgIpc) is 3.26. The highest BCUT2D eigenvalue weighted by Crippen LogP contribution is 2.29. The van der Waals surface area contributed by atoms with Gasteiger partial charge in [0, 0.05) is 5.56 Å². The Hall–Kier alpha value is -3.26. The number of ether oxygens (including phenoxy) is 1. The Labute approximate surface area is 185 Å². The molecule has 0 fully saturated rings. The molecule has 2 atom stereocenters. The number of methoxy groups -OCH3 is 1. The van der Waals surface area contributed by atoms with E-state index in [9.17, 15) is 9.59 Å². The van der Waals surface area contributed by atoms with Crippen molar-refractivity contribution in [2.45, 2.75) is 32.7 Å². The number of aromatic nitrogens is 2. The van der Waals surface area contributed by atoms with Crippen molar-refractivity contribution in [3.63, 3.8) is 0 Å². The number of carbonyl (C=O) groups is 2. The van der Waals surface area contributed by atoms with E-state index in [0.29, 0.717) is 10.1 Å². The summed E-state index contributed by atoms with van der Waals surface area (Å²) in [6, 6.07) is 16.3. The van der Waals surface area contributed by atoms with Gasteiger partial charge < -0.3 is 10.1 Å². The molecule has 0 saturated carbocycles.